The summed E-state index contributed by atoms with van der Waals surface area (Å²) in [6.45, 7) is 1.25. The van der Waals surface area contributed by atoms with Crippen molar-refractivity contribution in [1.82, 2.24) is 10.6 Å². The van der Waals surface area contributed by atoms with Crippen LogP contribution in [0.4, 0.5) is 4.39 Å². The Bertz CT molecular complexity index is 890. The van der Waals surface area contributed by atoms with Gasteiger partial charge in [-0.3, -0.25) is 9.59 Å². The highest BCUT2D eigenvalue weighted by atomic mass is 35.5. The van der Waals surface area contributed by atoms with E-state index in [4.69, 9.17) is 16.3 Å². The number of ether oxygens (including phenoxy) is 1. The fourth-order valence-corrected chi connectivity index (χ4v) is 3.04. The van der Waals surface area contributed by atoms with Crippen LogP contribution in [0.5, 0.6) is 0 Å². The SMILES string of the molecule is COC(=O)[C@H](Cc1ccccc1Cl)NC(=O)[C@H](Cc1ccccc1F)NC(C)=O. The highest BCUT2D eigenvalue weighted by Crippen LogP contribution is 2.17. The average Bonchev–Trinajstić information content (AvgIpc) is 2.69. The summed E-state index contributed by atoms with van der Waals surface area (Å²) in [5.74, 6) is -2.24. The molecule has 29 heavy (non-hydrogen) atoms. The third kappa shape index (κ3) is 6.57. The molecule has 0 aliphatic rings. The molecule has 2 aromatic rings. The van der Waals surface area contributed by atoms with Gasteiger partial charge < -0.3 is 15.4 Å². The molecule has 0 heterocycles. The number of benzene rings is 2. The Labute approximate surface area is 173 Å². The summed E-state index contributed by atoms with van der Waals surface area (Å²) in [7, 11) is 1.21. The number of carbonyl (C=O) groups is 3. The Hall–Kier alpha value is -2.93. The molecule has 2 rings (SSSR count). The molecule has 0 bridgehead atoms. The third-order valence-electron chi connectivity index (χ3n) is 4.26. The zero-order chi connectivity index (χ0) is 21.4. The van der Waals surface area contributed by atoms with Gasteiger partial charge in [0, 0.05) is 24.8 Å². The maximum Gasteiger partial charge on any atom is 0.328 e. The molecular formula is C21H22ClFN2O4. The Morgan fingerprint density at radius 2 is 1.55 bits per heavy atom. The highest BCUT2D eigenvalue weighted by Gasteiger charge is 2.28. The van der Waals surface area contributed by atoms with Crippen molar-refractivity contribution in [2.45, 2.75) is 31.8 Å². The lowest BCUT2D eigenvalue weighted by molar-refractivity contribution is -0.145. The maximum absolute atomic E-state index is 14.0. The summed E-state index contributed by atoms with van der Waals surface area (Å²) < 4.78 is 18.8. The predicted octanol–water partition coefficient (Wildman–Crippen LogP) is 2.43. The van der Waals surface area contributed by atoms with Crippen LogP contribution in [-0.4, -0.2) is 37.0 Å². The molecule has 0 aliphatic carbocycles. The number of nitrogens with one attached hydrogen (secondary N) is 2. The molecule has 6 nitrogen and oxygen atoms in total. The van der Waals surface area contributed by atoms with E-state index in [1.807, 2.05) is 0 Å². The Morgan fingerprint density at radius 3 is 2.14 bits per heavy atom. The lowest BCUT2D eigenvalue weighted by atomic mass is 10.0. The standard InChI is InChI=1S/C21H22ClFN2O4/c1-13(26)24-18(12-15-8-4-6-10-17(15)23)20(27)25-19(21(28)29-2)11-14-7-3-5-9-16(14)22/h3-10,18-19H,11-12H2,1-2H3,(H,24,26)(H,25,27)/t18-,19-/m0/s1. The van der Waals surface area contributed by atoms with Gasteiger partial charge in [-0.15, -0.1) is 0 Å². The molecule has 2 amide bonds. The minimum Gasteiger partial charge on any atom is -0.467 e. The van der Waals surface area contributed by atoms with Gasteiger partial charge in [-0.1, -0.05) is 48.0 Å². The topological polar surface area (TPSA) is 84.5 Å². The van der Waals surface area contributed by atoms with Crippen LogP contribution < -0.4 is 10.6 Å². The van der Waals surface area contributed by atoms with Crippen molar-refractivity contribution in [3.8, 4) is 0 Å². The molecule has 2 aromatic carbocycles. The van der Waals surface area contributed by atoms with Gasteiger partial charge in [-0.05, 0) is 23.3 Å². The lowest BCUT2D eigenvalue weighted by Crippen LogP contribution is -2.53. The number of esters is 1. The van der Waals surface area contributed by atoms with Crippen molar-refractivity contribution >= 4 is 29.4 Å². The van der Waals surface area contributed by atoms with Gasteiger partial charge in [0.25, 0.3) is 0 Å². The molecule has 0 saturated heterocycles. The number of methoxy groups -OCH3 is 1. The first-order valence-corrected chi connectivity index (χ1v) is 9.31. The molecule has 0 aliphatic heterocycles. The number of halogens is 2. The fourth-order valence-electron chi connectivity index (χ4n) is 2.83. The van der Waals surface area contributed by atoms with Crippen LogP contribution in [-0.2, 0) is 32.0 Å². The molecule has 0 fully saturated rings. The second kappa shape index (κ2) is 10.6. The van der Waals surface area contributed by atoms with Crippen molar-refractivity contribution in [2.24, 2.45) is 0 Å². The van der Waals surface area contributed by atoms with Crippen molar-refractivity contribution in [3.05, 3.63) is 70.5 Å². The van der Waals surface area contributed by atoms with Crippen LogP contribution in [0.15, 0.2) is 48.5 Å². The number of hydrogen-bond donors (Lipinski definition) is 2. The molecule has 2 N–H and O–H groups in total. The number of hydrogen-bond acceptors (Lipinski definition) is 4. The van der Waals surface area contributed by atoms with Gasteiger partial charge in [0.1, 0.15) is 17.9 Å². The molecule has 0 unspecified atom stereocenters. The van der Waals surface area contributed by atoms with Crippen molar-refractivity contribution in [3.63, 3.8) is 0 Å². The summed E-state index contributed by atoms with van der Waals surface area (Å²) >= 11 is 6.15. The lowest BCUT2D eigenvalue weighted by Gasteiger charge is -2.22. The van der Waals surface area contributed by atoms with Gasteiger partial charge in [-0.2, -0.15) is 0 Å². The van der Waals surface area contributed by atoms with Gasteiger partial charge in [0.15, 0.2) is 0 Å². The first-order chi connectivity index (χ1) is 13.8. The Morgan fingerprint density at radius 1 is 0.966 bits per heavy atom. The summed E-state index contributed by atoms with van der Waals surface area (Å²) in [4.78, 5) is 36.6. The van der Waals surface area contributed by atoms with E-state index in [0.29, 0.717) is 10.6 Å². The van der Waals surface area contributed by atoms with Crippen LogP contribution in [0.3, 0.4) is 0 Å². The van der Waals surface area contributed by atoms with E-state index in [1.54, 1.807) is 30.3 Å². The van der Waals surface area contributed by atoms with Crippen molar-refractivity contribution in [2.75, 3.05) is 7.11 Å². The summed E-state index contributed by atoms with van der Waals surface area (Å²) in [6, 6.07) is 10.8. The first kappa shape index (κ1) is 22.4. The Balaban J connectivity index is 2.20. The van der Waals surface area contributed by atoms with E-state index in [9.17, 15) is 18.8 Å². The second-order valence-corrected chi connectivity index (χ2v) is 6.84. The molecule has 0 saturated carbocycles. The summed E-state index contributed by atoms with van der Waals surface area (Å²) in [5.41, 5.74) is 0.914. The minimum absolute atomic E-state index is 0.0714. The fraction of sp³-hybridized carbons (Fsp3) is 0.286. The van der Waals surface area contributed by atoms with Crippen LogP contribution >= 0.6 is 11.6 Å². The highest BCUT2D eigenvalue weighted by molar-refractivity contribution is 6.31. The number of amides is 2. The third-order valence-corrected chi connectivity index (χ3v) is 4.63. The van der Waals surface area contributed by atoms with E-state index in [1.165, 1.54) is 32.2 Å². The molecular weight excluding hydrogens is 399 g/mol. The maximum atomic E-state index is 14.0. The van der Waals surface area contributed by atoms with E-state index in [0.717, 1.165) is 0 Å². The van der Waals surface area contributed by atoms with Gasteiger partial charge in [0.05, 0.1) is 7.11 Å². The second-order valence-electron chi connectivity index (χ2n) is 6.43. The summed E-state index contributed by atoms with van der Waals surface area (Å²) in [6.07, 6.45) is 0.0304. The van der Waals surface area contributed by atoms with Crippen LogP contribution in [0.2, 0.25) is 5.02 Å². The largest absolute Gasteiger partial charge is 0.467 e. The number of carbonyl (C=O) groups excluding carboxylic acids is 3. The normalized spacial score (nSPS) is 12.6. The quantitative estimate of drug-likeness (QED) is 0.642. The van der Waals surface area contributed by atoms with Crippen molar-refractivity contribution < 1.29 is 23.5 Å². The van der Waals surface area contributed by atoms with Crippen LogP contribution in [0.1, 0.15) is 18.1 Å². The monoisotopic (exact) mass is 420 g/mol. The molecule has 0 spiro atoms. The number of rotatable bonds is 8. The van der Waals surface area contributed by atoms with Crippen LogP contribution in [0, 0.1) is 5.82 Å². The van der Waals surface area contributed by atoms with E-state index in [2.05, 4.69) is 10.6 Å². The van der Waals surface area contributed by atoms with Gasteiger partial charge >= 0.3 is 5.97 Å². The van der Waals surface area contributed by atoms with Gasteiger partial charge in [0.2, 0.25) is 11.8 Å². The van der Waals surface area contributed by atoms with Gasteiger partial charge in [-0.25, -0.2) is 9.18 Å². The smallest absolute Gasteiger partial charge is 0.328 e. The predicted molar refractivity (Wildman–Crippen MR) is 107 cm³/mol. The van der Waals surface area contributed by atoms with Crippen molar-refractivity contribution in [1.29, 1.82) is 0 Å². The first-order valence-electron chi connectivity index (χ1n) is 8.94. The Kier molecular flexibility index (Phi) is 8.15. The molecule has 154 valence electrons. The van der Waals surface area contributed by atoms with E-state index in [-0.39, 0.29) is 18.4 Å². The average molecular weight is 421 g/mol. The van der Waals surface area contributed by atoms with E-state index < -0.39 is 35.7 Å². The zero-order valence-electron chi connectivity index (χ0n) is 16.1. The van der Waals surface area contributed by atoms with Crippen LogP contribution in [0.25, 0.3) is 0 Å². The molecule has 0 aromatic heterocycles. The molecule has 8 heteroatoms. The van der Waals surface area contributed by atoms with E-state index >= 15 is 0 Å². The minimum atomic E-state index is -1.07. The zero-order valence-corrected chi connectivity index (χ0v) is 16.8. The molecule has 2 atom stereocenters. The molecule has 0 radical (unpaired) electrons. The summed E-state index contributed by atoms with van der Waals surface area (Å²) in [5, 5.41) is 5.52.